The van der Waals surface area contributed by atoms with Crippen LogP contribution in [-0.2, 0) is 0 Å². The van der Waals surface area contributed by atoms with E-state index in [4.69, 9.17) is 19.0 Å². The summed E-state index contributed by atoms with van der Waals surface area (Å²) in [7, 11) is 3.06. The Morgan fingerprint density at radius 2 is 2.00 bits per heavy atom. The summed E-state index contributed by atoms with van der Waals surface area (Å²) in [6, 6.07) is 6.51. The topological polar surface area (TPSA) is 95.2 Å². The Kier molecular flexibility index (Phi) is 3.71. The second-order valence-corrected chi connectivity index (χ2v) is 4.88. The molecule has 1 aliphatic heterocycles. The van der Waals surface area contributed by atoms with Gasteiger partial charge in [-0.15, -0.1) is 0 Å². The van der Waals surface area contributed by atoms with Crippen LogP contribution in [-0.4, -0.2) is 31.8 Å². The van der Waals surface area contributed by atoms with Crippen molar-refractivity contribution in [3.63, 3.8) is 0 Å². The first-order valence-electron chi connectivity index (χ1n) is 6.80. The van der Waals surface area contributed by atoms with Crippen molar-refractivity contribution in [1.29, 1.82) is 0 Å². The van der Waals surface area contributed by atoms with Gasteiger partial charge in [0, 0.05) is 18.2 Å². The summed E-state index contributed by atoms with van der Waals surface area (Å²) in [6.45, 7) is 0.106. The van der Waals surface area contributed by atoms with Crippen LogP contribution in [0.4, 0.5) is 5.69 Å². The van der Waals surface area contributed by atoms with Gasteiger partial charge in [-0.1, -0.05) is 12.1 Å². The normalized spacial score (nSPS) is 13.3. The average Bonchev–Trinajstić information content (AvgIpc) is 3.01. The van der Waals surface area contributed by atoms with E-state index >= 15 is 0 Å². The first-order valence-corrected chi connectivity index (χ1v) is 6.80. The molecule has 0 spiro atoms. The SMILES string of the molecule is COc1ccc(C2=CCN([O-])c3cc(C(=O)O)oc32)cc1OC. The molecule has 1 aromatic heterocycles. The van der Waals surface area contributed by atoms with Crippen LogP contribution >= 0.6 is 0 Å². The molecule has 2 heterocycles. The molecule has 0 unspecified atom stereocenters. The van der Waals surface area contributed by atoms with E-state index in [2.05, 4.69) is 0 Å². The summed E-state index contributed by atoms with van der Waals surface area (Å²) in [4.78, 5) is 11.1. The van der Waals surface area contributed by atoms with E-state index in [-0.39, 0.29) is 23.8 Å². The van der Waals surface area contributed by atoms with Crippen LogP contribution in [0.5, 0.6) is 11.5 Å². The highest BCUT2D eigenvalue weighted by atomic mass is 16.5. The lowest BCUT2D eigenvalue weighted by atomic mass is 9.99. The molecule has 120 valence electrons. The highest BCUT2D eigenvalue weighted by Gasteiger charge is 2.24. The number of methoxy groups -OCH3 is 2. The fraction of sp³-hybridized carbons (Fsp3) is 0.188. The second kappa shape index (κ2) is 5.69. The lowest BCUT2D eigenvalue weighted by Gasteiger charge is -2.32. The molecule has 7 nitrogen and oxygen atoms in total. The lowest BCUT2D eigenvalue weighted by Crippen LogP contribution is -2.19. The maximum atomic E-state index is 11.9. The van der Waals surface area contributed by atoms with Crippen LogP contribution in [0, 0.1) is 5.21 Å². The number of hydrogen-bond acceptors (Lipinski definition) is 6. The number of aromatic carboxylic acids is 1. The van der Waals surface area contributed by atoms with Crippen molar-refractivity contribution in [3.05, 3.63) is 52.6 Å². The summed E-state index contributed by atoms with van der Waals surface area (Å²) in [5.74, 6) is -0.162. The van der Waals surface area contributed by atoms with Gasteiger partial charge in [-0.3, -0.25) is 0 Å². The van der Waals surface area contributed by atoms with E-state index in [1.807, 2.05) is 0 Å². The molecule has 1 N–H and O–H groups in total. The molecule has 0 saturated carbocycles. The van der Waals surface area contributed by atoms with Crippen molar-refractivity contribution in [2.75, 3.05) is 25.8 Å². The number of carboxylic acids is 1. The first kappa shape index (κ1) is 15.0. The molecular formula is C16H14NO6-. The van der Waals surface area contributed by atoms with Gasteiger partial charge in [0.25, 0.3) is 0 Å². The average molecular weight is 316 g/mol. The van der Waals surface area contributed by atoms with Crippen molar-refractivity contribution in [2.45, 2.75) is 0 Å². The zero-order valence-electron chi connectivity index (χ0n) is 12.5. The molecule has 0 bridgehead atoms. The number of benzene rings is 1. The fourth-order valence-corrected chi connectivity index (χ4v) is 2.48. The van der Waals surface area contributed by atoms with Crippen LogP contribution in [0.15, 0.2) is 34.8 Å². The largest absolute Gasteiger partial charge is 0.758 e. The third kappa shape index (κ3) is 2.51. The smallest absolute Gasteiger partial charge is 0.371 e. The van der Waals surface area contributed by atoms with E-state index in [9.17, 15) is 10.0 Å². The maximum absolute atomic E-state index is 11.9. The van der Waals surface area contributed by atoms with Gasteiger partial charge in [-0.05, 0) is 17.7 Å². The van der Waals surface area contributed by atoms with E-state index in [0.717, 1.165) is 5.56 Å². The molecule has 0 saturated heterocycles. The Labute approximate surface area is 131 Å². The number of hydrogen-bond donors (Lipinski definition) is 1. The predicted molar refractivity (Wildman–Crippen MR) is 83.0 cm³/mol. The zero-order valence-corrected chi connectivity index (χ0v) is 12.5. The first-order chi connectivity index (χ1) is 11.0. The van der Waals surface area contributed by atoms with Gasteiger partial charge in [-0.25, -0.2) is 4.79 Å². The Morgan fingerprint density at radius 3 is 2.65 bits per heavy atom. The van der Waals surface area contributed by atoms with E-state index in [1.54, 1.807) is 24.3 Å². The van der Waals surface area contributed by atoms with Crippen LogP contribution in [0.2, 0.25) is 0 Å². The van der Waals surface area contributed by atoms with Gasteiger partial charge in [0.15, 0.2) is 17.3 Å². The summed E-state index contributed by atoms with van der Waals surface area (Å²) in [5.41, 5.74) is 1.58. The molecule has 7 heteroatoms. The molecular weight excluding hydrogens is 302 g/mol. The van der Waals surface area contributed by atoms with Crippen molar-refractivity contribution >= 4 is 17.2 Å². The van der Waals surface area contributed by atoms with E-state index in [1.165, 1.54) is 20.3 Å². The molecule has 2 aromatic rings. The van der Waals surface area contributed by atoms with Crippen molar-refractivity contribution in [3.8, 4) is 11.5 Å². The highest BCUT2D eigenvalue weighted by Crippen LogP contribution is 2.40. The second-order valence-electron chi connectivity index (χ2n) is 4.88. The number of fused-ring (bicyclic) bond motifs is 1. The van der Waals surface area contributed by atoms with Crippen molar-refractivity contribution in [2.24, 2.45) is 0 Å². The van der Waals surface area contributed by atoms with Gasteiger partial charge in [-0.2, -0.15) is 0 Å². The summed E-state index contributed by atoms with van der Waals surface area (Å²) >= 11 is 0. The molecule has 3 rings (SSSR count). The van der Waals surface area contributed by atoms with Gasteiger partial charge in [0.1, 0.15) is 0 Å². The van der Waals surface area contributed by atoms with Crippen LogP contribution in [0.3, 0.4) is 0 Å². The molecule has 0 fully saturated rings. The number of nitrogens with zero attached hydrogens (tertiary/aromatic N) is 1. The third-order valence-electron chi connectivity index (χ3n) is 3.59. The Hall–Kier alpha value is -2.93. The van der Waals surface area contributed by atoms with E-state index in [0.29, 0.717) is 22.1 Å². The Balaban J connectivity index is 2.10. The van der Waals surface area contributed by atoms with Gasteiger partial charge >= 0.3 is 5.97 Å². The van der Waals surface area contributed by atoms with Crippen molar-refractivity contribution < 1.29 is 23.8 Å². The molecule has 0 amide bonds. The number of carboxylic acid groups (broad SMARTS) is 1. The maximum Gasteiger partial charge on any atom is 0.371 e. The van der Waals surface area contributed by atoms with Crippen LogP contribution in [0.25, 0.3) is 5.57 Å². The number of ether oxygens (including phenoxy) is 2. The highest BCUT2D eigenvalue weighted by molar-refractivity contribution is 5.92. The Morgan fingerprint density at radius 1 is 1.26 bits per heavy atom. The number of furan rings is 1. The van der Waals surface area contributed by atoms with Crippen LogP contribution in [0.1, 0.15) is 21.9 Å². The minimum absolute atomic E-state index is 0.106. The van der Waals surface area contributed by atoms with E-state index < -0.39 is 5.97 Å². The molecule has 0 aliphatic carbocycles. The molecule has 1 aliphatic rings. The molecule has 23 heavy (non-hydrogen) atoms. The third-order valence-corrected chi connectivity index (χ3v) is 3.59. The predicted octanol–water partition coefficient (Wildman–Crippen LogP) is 2.74. The number of anilines is 1. The minimum atomic E-state index is -1.22. The minimum Gasteiger partial charge on any atom is -0.758 e. The Bertz CT molecular complexity index is 792. The molecule has 0 atom stereocenters. The number of carbonyl (C=O) groups is 1. The number of hydroxylamine groups is 1. The summed E-state index contributed by atoms with van der Waals surface area (Å²) in [5, 5.41) is 21.6. The van der Waals surface area contributed by atoms with Crippen molar-refractivity contribution in [1.82, 2.24) is 0 Å². The fourth-order valence-electron chi connectivity index (χ4n) is 2.48. The van der Waals surface area contributed by atoms with Gasteiger partial charge in [0.05, 0.1) is 19.9 Å². The quantitative estimate of drug-likeness (QED) is 0.926. The monoisotopic (exact) mass is 316 g/mol. The van der Waals surface area contributed by atoms with Gasteiger partial charge < -0.3 is 29.3 Å². The number of rotatable bonds is 4. The standard InChI is InChI=1S/C16H14NO6/c1-21-12-4-3-9(7-13(12)22-2)10-5-6-17(20)11-8-14(16(18)19)23-15(10)11/h3-5,7-8H,6H2,1-2H3,(H,18,19)/q-1. The molecule has 0 radical (unpaired) electrons. The van der Waals surface area contributed by atoms with Crippen LogP contribution < -0.4 is 14.5 Å². The lowest BCUT2D eigenvalue weighted by molar-refractivity contribution is 0.0662. The van der Waals surface area contributed by atoms with Gasteiger partial charge in [0.2, 0.25) is 5.76 Å². The summed E-state index contributed by atoms with van der Waals surface area (Å²) < 4.78 is 15.8. The molecule has 1 aromatic carbocycles. The summed E-state index contributed by atoms with van der Waals surface area (Å²) in [6.07, 6.45) is 1.69. The zero-order chi connectivity index (χ0) is 16.6.